The normalized spacial score (nSPS) is 17.3. The summed E-state index contributed by atoms with van der Waals surface area (Å²) < 4.78 is 17.8. The van der Waals surface area contributed by atoms with E-state index in [1.165, 1.54) is 73.9 Å². The quantitative estimate of drug-likeness (QED) is 0.0965. The van der Waals surface area contributed by atoms with Crippen molar-refractivity contribution in [1.29, 1.82) is 0 Å². The summed E-state index contributed by atoms with van der Waals surface area (Å²) in [5, 5.41) is 31.3. The number of anilines is 2. The van der Waals surface area contributed by atoms with Crippen LogP contribution in [0.2, 0.25) is 0 Å². The van der Waals surface area contributed by atoms with Gasteiger partial charge in [-0.3, -0.25) is 65.0 Å². The molecule has 17 aromatic heterocycles. The minimum Gasteiger partial charge on any atom is -0.368 e. The number of hydrogen-bond donors (Lipinski definition) is 3. The lowest BCUT2D eigenvalue weighted by Gasteiger charge is -2.37. The van der Waals surface area contributed by atoms with Crippen LogP contribution in [0, 0.1) is 48.5 Å². The second kappa shape index (κ2) is 40.6. The molecule has 22 heterocycles. The third-order valence-electron chi connectivity index (χ3n) is 31.0. The molecule has 0 bridgehead atoms. The van der Waals surface area contributed by atoms with Gasteiger partial charge in [-0.1, -0.05) is 43.3 Å². The zero-order valence-corrected chi connectivity index (χ0v) is 87.6. The molecule has 27 rings (SSSR count). The van der Waals surface area contributed by atoms with Gasteiger partial charge in [0, 0.05) is 209 Å². The molecule has 2 saturated carbocycles. The summed E-state index contributed by atoms with van der Waals surface area (Å²) in [4.78, 5) is 108. The largest absolute Gasteiger partial charge is 0.368 e. The molecule has 33 nitrogen and oxygen atoms in total. The van der Waals surface area contributed by atoms with Crippen molar-refractivity contribution in [1.82, 2.24) is 126 Å². The molecule has 0 spiro atoms. The number of fused-ring (bicyclic) bond motifs is 10. The monoisotopic (exact) mass is 2010 g/mol. The minimum absolute atomic E-state index is 0.0216. The van der Waals surface area contributed by atoms with E-state index in [9.17, 15) is 24.0 Å². The zero-order chi connectivity index (χ0) is 103. The summed E-state index contributed by atoms with van der Waals surface area (Å²) in [5.41, 5.74) is 29.9. The molecule has 2 atom stereocenters. The lowest BCUT2D eigenvalue weighted by Crippen LogP contribution is -2.54. The second-order valence-corrected chi connectivity index (χ2v) is 42.6. The number of pyridine rings is 6. The van der Waals surface area contributed by atoms with Crippen LogP contribution in [0.1, 0.15) is 170 Å². The summed E-state index contributed by atoms with van der Waals surface area (Å²) in [7, 11) is 5.73. The van der Waals surface area contributed by atoms with Crippen LogP contribution in [0.5, 0.6) is 0 Å². The third kappa shape index (κ3) is 20.3. The first kappa shape index (κ1) is 97.9. The molecule has 20 aromatic rings. The van der Waals surface area contributed by atoms with Gasteiger partial charge in [0.15, 0.2) is 0 Å². The Morgan fingerprint density at radius 3 is 1.29 bits per heavy atom. The predicted octanol–water partition coefficient (Wildman–Crippen LogP) is 15.8. The number of piperazine rings is 2. The van der Waals surface area contributed by atoms with Crippen molar-refractivity contribution >= 4 is 83.5 Å². The van der Waals surface area contributed by atoms with Gasteiger partial charge in [-0.2, -0.15) is 20.4 Å². The molecular weight excluding hydrogens is 1880 g/mol. The molecule has 7 fully saturated rings. The van der Waals surface area contributed by atoms with Gasteiger partial charge in [-0.05, 0) is 307 Å². The summed E-state index contributed by atoms with van der Waals surface area (Å²) in [6, 6.07) is 44.8. The molecular formula is C117H128N28O5. The second-order valence-electron chi connectivity index (χ2n) is 42.6. The fourth-order valence-electron chi connectivity index (χ4n) is 23.0. The summed E-state index contributed by atoms with van der Waals surface area (Å²) in [5.74, 6) is 2.10. The van der Waals surface area contributed by atoms with Crippen molar-refractivity contribution in [3.8, 4) is 56.4 Å². The lowest BCUT2D eigenvalue weighted by molar-refractivity contribution is 0.203. The van der Waals surface area contributed by atoms with Gasteiger partial charge < -0.3 is 40.0 Å². The number of likely N-dealkylation sites (tertiary alicyclic amines) is 2. The molecule has 5 saturated heterocycles. The number of aromatic nitrogens is 21. The number of aryl methyl sites for hydroxylation is 10. The van der Waals surface area contributed by atoms with Crippen LogP contribution in [-0.4, -0.2) is 213 Å². The Kier molecular flexibility index (Phi) is 26.5. The Bertz CT molecular complexity index is 8980. The summed E-state index contributed by atoms with van der Waals surface area (Å²) >= 11 is 0. The van der Waals surface area contributed by atoms with E-state index in [4.69, 9.17) is 29.9 Å². The number of piperidine rings is 3. The molecule has 33 heteroatoms. The van der Waals surface area contributed by atoms with Crippen molar-refractivity contribution in [3.05, 3.63) is 315 Å². The van der Waals surface area contributed by atoms with E-state index in [2.05, 4.69) is 142 Å². The van der Waals surface area contributed by atoms with E-state index in [1.54, 1.807) is 70.9 Å². The van der Waals surface area contributed by atoms with Gasteiger partial charge in [0.05, 0.1) is 85.2 Å². The van der Waals surface area contributed by atoms with E-state index in [1.807, 2.05) is 185 Å². The number of nitrogens with zero attached hydrogens (tertiary/aromatic N) is 25. The standard InChI is InChI=1S/C25H28N6O.C25H27N5O.C24H27N5O.C22H23N5O.C21H23N7O/c1-15-10-29(11-16(2)26-15)20-6-7-23-28-22(9-24(32)31(23)14-20)19-8-21(18-4-5-18)25-27-17(3)12-30(25)13-19;1-16-11-19(17-7-9-29(10-8-17)21-4-5-21)15-30-24(31)13-23(26-25(16)30)18-3-6-22-20(12-18)14-28(2)27-22;1-4-28-9-7-17(8-10-28)19-11-16(2)24-25-22(13-23(30)29(24)15-19)18-5-6-21-20(12-18)14-27(3)26-21;1-14-9-17(15-5-7-23-8-6-15)13-27-21(28)11-20(24-22(14)27)16-3-4-19-18(10-16)12-26(2)25-19;1-13-8-16(26-6-4-22-5-7-26)12-27-20(29)10-17(24-21(13)27)18-9-19-15(3)23-14(2)11-28(19)25-18/h6-9,12-16,18,26H,4-5,10-11H2,1-3H3;3,6,11-15,17,21H,4-5,7-10H2,1-2H3;5-6,11-15,17H,4,7-10H2,1-3H3;3-4,9-13,15,23H,5-8H2,1-2H3;8-12,22H,4-7H2,1-3H3/t15-,16+;;;;. The first-order valence-corrected chi connectivity index (χ1v) is 53.1. The Hall–Kier alpha value is -15.4. The van der Waals surface area contributed by atoms with Crippen LogP contribution in [0.3, 0.4) is 0 Å². The van der Waals surface area contributed by atoms with Gasteiger partial charge >= 0.3 is 0 Å². The molecule has 0 unspecified atom stereocenters. The third-order valence-corrected chi connectivity index (χ3v) is 31.0. The Morgan fingerprint density at radius 2 is 0.787 bits per heavy atom. The number of hydrogen-bond acceptors (Lipinski definition) is 23. The SMILES string of the molecule is CCN1CCC(c2cc(C)c3nc(-c4ccc5nn(C)cc5c4)cc(=O)n3c2)CC1.Cc1cc(C2CCN(C3CC3)CC2)cn2c(=O)cc(-c3ccc4nn(C)cc4c3)nc12.Cc1cc(C2CCNCC2)cn2c(=O)cc(-c3ccc4nn(C)cc4c3)nc12.Cc1cn2cc(-c3cc(=O)n4cc(N5C[C@@H](C)N[C@@H](C)C5)ccc4n3)cc(C3CC3)c2n1.Cc1cn2nc(-c3cc(=O)n4cc(N5CCNCC5)cc(C)c4n3)cc2c(C)n1. The maximum Gasteiger partial charge on any atom is 0.258 e. The van der Waals surface area contributed by atoms with E-state index in [0.717, 1.165) is 237 Å². The van der Waals surface area contributed by atoms with Gasteiger partial charge in [-0.25, -0.2) is 34.4 Å². The highest BCUT2D eigenvalue weighted by atomic mass is 16.1. The molecule has 0 amide bonds. The van der Waals surface area contributed by atoms with Gasteiger partial charge in [-0.15, -0.1) is 0 Å². The Morgan fingerprint density at radius 1 is 0.340 bits per heavy atom. The molecule has 7 aliphatic rings. The van der Waals surface area contributed by atoms with Crippen LogP contribution in [0.25, 0.3) is 129 Å². The van der Waals surface area contributed by atoms with E-state index in [0.29, 0.717) is 81.2 Å². The fraction of sp³-hybridized carbons (Fsp3) is 0.368. The first-order valence-electron chi connectivity index (χ1n) is 53.1. The topological polar surface area (TPSA) is 322 Å². The molecule has 3 N–H and O–H groups in total. The van der Waals surface area contributed by atoms with Crippen molar-refractivity contribution in [2.75, 3.05) is 94.9 Å². The van der Waals surface area contributed by atoms with Crippen LogP contribution in [0.15, 0.2) is 226 Å². The number of imidazole rings is 1. The predicted molar refractivity (Wildman–Crippen MR) is 593 cm³/mol. The first-order chi connectivity index (χ1) is 72.6. The Labute approximate surface area is 867 Å². The Balaban J connectivity index is 0.000000103. The average Bonchev–Trinajstić information content (AvgIpc) is 1.47. The number of benzene rings is 3. The van der Waals surface area contributed by atoms with Gasteiger partial charge in [0.2, 0.25) is 0 Å². The maximum absolute atomic E-state index is 13.1. The number of rotatable bonds is 13. The summed E-state index contributed by atoms with van der Waals surface area (Å²) in [6.45, 7) is 34.1. The van der Waals surface area contributed by atoms with Crippen molar-refractivity contribution in [3.63, 3.8) is 0 Å². The zero-order valence-electron chi connectivity index (χ0n) is 87.6. The van der Waals surface area contributed by atoms with E-state index >= 15 is 0 Å². The van der Waals surface area contributed by atoms with Crippen molar-refractivity contribution in [2.24, 2.45) is 21.1 Å². The van der Waals surface area contributed by atoms with Crippen LogP contribution in [-0.2, 0) is 21.1 Å². The van der Waals surface area contributed by atoms with Crippen LogP contribution < -0.4 is 53.5 Å². The van der Waals surface area contributed by atoms with Gasteiger partial charge in [0.25, 0.3) is 27.8 Å². The molecule has 150 heavy (non-hydrogen) atoms. The molecule has 766 valence electrons. The smallest absolute Gasteiger partial charge is 0.258 e. The van der Waals surface area contributed by atoms with Crippen LogP contribution in [0.4, 0.5) is 11.4 Å². The van der Waals surface area contributed by atoms with Gasteiger partial charge in [0.1, 0.15) is 39.6 Å². The van der Waals surface area contributed by atoms with E-state index in [-0.39, 0.29) is 27.8 Å². The highest BCUT2D eigenvalue weighted by molar-refractivity contribution is 5.86. The maximum atomic E-state index is 13.1. The molecule has 5 aliphatic heterocycles. The lowest BCUT2D eigenvalue weighted by atomic mass is 9.89. The fourth-order valence-corrected chi connectivity index (χ4v) is 23.0. The van der Waals surface area contributed by atoms with Crippen LogP contribution >= 0.6 is 0 Å². The summed E-state index contributed by atoms with van der Waals surface area (Å²) in [6.07, 6.45) is 33.7. The molecule has 0 radical (unpaired) electrons. The van der Waals surface area contributed by atoms with Crippen molar-refractivity contribution < 1.29 is 0 Å². The molecule has 2 aliphatic carbocycles. The van der Waals surface area contributed by atoms with E-state index < -0.39 is 0 Å². The number of nitrogens with one attached hydrogen (secondary N) is 3. The van der Waals surface area contributed by atoms with Crippen molar-refractivity contribution in [2.45, 2.75) is 175 Å². The molecule has 3 aromatic carbocycles. The minimum atomic E-state index is -0.104. The highest BCUT2D eigenvalue weighted by Crippen LogP contribution is 2.44. The highest BCUT2D eigenvalue weighted by Gasteiger charge is 2.34. The average molecular weight is 2010 g/mol.